The molecule has 1 rings (SSSR count). The first kappa shape index (κ1) is 15.8. The minimum Gasteiger partial charge on any atom is -0.508 e. The largest absolute Gasteiger partial charge is 0.508 e. The Hall–Kier alpha value is -2.24. The molecule has 20 heavy (non-hydrogen) atoms. The molecule has 6 nitrogen and oxygen atoms in total. The van der Waals surface area contributed by atoms with E-state index in [-0.39, 0.29) is 28.9 Å². The van der Waals surface area contributed by atoms with Crippen LogP contribution in [0.3, 0.4) is 0 Å². The molecule has 1 aromatic rings. The van der Waals surface area contributed by atoms with Crippen molar-refractivity contribution in [3.05, 3.63) is 23.8 Å². The van der Waals surface area contributed by atoms with Gasteiger partial charge in [0.25, 0.3) is 5.91 Å². The maximum Gasteiger partial charge on any atom is 0.305 e. The Balaban J connectivity index is 2.25. The van der Waals surface area contributed by atoms with Gasteiger partial charge in [-0.3, -0.25) is 9.59 Å². The van der Waals surface area contributed by atoms with Crippen LogP contribution < -0.4 is 5.32 Å². The van der Waals surface area contributed by atoms with Crippen molar-refractivity contribution in [2.75, 3.05) is 13.7 Å². The van der Waals surface area contributed by atoms with Crippen LogP contribution in [0.5, 0.6) is 11.5 Å². The third kappa shape index (κ3) is 5.60. The molecule has 0 spiro atoms. The highest BCUT2D eigenvalue weighted by atomic mass is 16.5. The number of benzene rings is 1. The SMILES string of the molecule is COC(=O)CCCCCNC(=O)c1cc(O)cc(O)c1. The second-order valence-corrected chi connectivity index (χ2v) is 4.38. The van der Waals surface area contributed by atoms with Crippen molar-refractivity contribution >= 4 is 11.9 Å². The topological polar surface area (TPSA) is 95.9 Å². The second-order valence-electron chi connectivity index (χ2n) is 4.38. The third-order valence-electron chi connectivity index (χ3n) is 2.74. The maximum absolute atomic E-state index is 11.7. The average molecular weight is 281 g/mol. The third-order valence-corrected chi connectivity index (χ3v) is 2.74. The lowest BCUT2D eigenvalue weighted by molar-refractivity contribution is -0.140. The van der Waals surface area contributed by atoms with Crippen LogP contribution in [0.4, 0.5) is 0 Å². The number of amides is 1. The first-order valence-electron chi connectivity index (χ1n) is 6.41. The van der Waals surface area contributed by atoms with Crippen LogP contribution in [0.1, 0.15) is 36.0 Å². The quantitative estimate of drug-likeness (QED) is 0.520. The lowest BCUT2D eigenvalue weighted by Crippen LogP contribution is -2.24. The molecule has 110 valence electrons. The van der Waals surface area contributed by atoms with Crippen molar-refractivity contribution in [2.45, 2.75) is 25.7 Å². The van der Waals surface area contributed by atoms with Crippen molar-refractivity contribution in [1.29, 1.82) is 0 Å². The zero-order valence-electron chi connectivity index (χ0n) is 11.4. The first-order valence-corrected chi connectivity index (χ1v) is 6.41. The van der Waals surface area contributed by atoms with Gasteiger partial charge in [0.2, 0.25) is 0 Å². The van der Waals surface area contributed by atoms with Gasteiger partial charge in [-0.25, -0.2) is 0 Å². The van der Waals surface area contributed by atoms with E-state index in [1.165, 1.54) is 19.2 Å². The minimum absolute atomic E-state index is 0.159. The molecule has 0 unspecified atom stereocenters. The summed E-state index contributed by atoms with van der Waals surface area (Å²) in [6.45, 7) is 0.469. The Morgan fingerprint density at radius 3 is 2.35 bits per heavy atom. The van der Waals surface area contributed by atoms with Crippen LogP contribution in [-0.2, 0) is 9.53 Å². The molecular weight excluding hydrogens is 262 g/mol. The van der Waals surface area contributed by atoms with E-state index in [0.29, 0.717) is 13.0 Å². The Morgan fingerprint density at radius 2 is 1.75 bits per heavy atom. The summed E-state index contributed by atoms with van der Waals surface area (Å²) < 4.78 is 4.52. The molecular formula is C14H19NO5. The Labute approximate surface area is 117 Å². The number of phenols is 2. The highest BCUT2D eigenvalue weighted by Crippen LogP contribution is 2.20. The molecule has 0 aliphatic rings. The van der Waals surface area contributed by atoms with Crippen LogP contribution in [0.25, 0.3) is 0 Å². The summed E-state index contributed by atoms with van der Waals surface area (Å²) in [5.41, 5.74) is 0.206. The summed E-state index contributed by atoms with van der Waals surface area (Å²) in [4.78, 5) is 22.6. The van der Waals surface area contributed by atoms with Crippen molar-refractivity contribution < 1.29 is 24.5 Å². The average Bonchev–Trinajstić information content (AvgIpc) is 2.40. The zero-order valence-corrected chi connectivity index (χ0v) is 11.4. The number of hydrogen-bond acceptors (Lipinski definition) is 5. The normalized spacial score (nSPS) is 10.1. The number of carbonyl (C=O) groups excluding carboxylic acids is 2. The van der Waals surface area contributed by atoms with Gasteiger partial charge in [-0.15, -0.1) is 0 Å². The number of ether oxygens (including phenoxy) is 1. The number of nitrogens with one attached hydrogen (secondary N) is 1. The monoisotopic (exact) mass is 281 g/mol. The smallest absolute Gasteiger partial charge is 0.305 e. The molecule has 0 aromatic heterocycles. The number of phenolic OH excluding ortho intramolecular Hbond substituents is 2. The Kier molecular flexibility index (Phi) is 6.36. The van der Waals surface area contributed by atoms with Gasteiger partial charge in [0.05, 0.1) is 7.11 Å². The summed E-state index contributed by atoms with van der Waals surface area (Å²) in [5.74, 6) is -0.908. The van der Waals surface area contributed by atoms with Gasteiger partial charge in [0.1, 0.15) is 11.5 Å². The lowest BCUT2D eigenvalue weighted by Gasteiger charge is -2.06. The molecule has 0 saturated heterocycles. The van der Waals surface area contributed by atoms with Crippen LogP contribution in [0.15, 0.2) is 18.2 Å². The summed E-state index contributed by atoms with van der Waals surface area (Å²) in [5, 5.41) is 21.2. The molecule has 0 bridgehead atoms. The van der Waals surface area contributed by atoms with E-state index in [1.54, 1.807) is 0 Å². The van der Waals surface area contributed by atoms with E-state index in [9.17, 15) is 19.8 Å². The molecule has 0 aliphatic heterocycles. The van der Waals surface area contributed by atoms with Gasteiger partial charge in [-0.2, -0.15) is 0 Å². The van der Waals surface area contributed by atoms with Crippen molar-refractivity contribution in [3.63, 3.8) is 0 Å². The fourth-order valence-electron chi connectivity index (χ4n) is 1.70. The number of aromatic hydroxyl groups is 2. The van der Waals surface area contributed by atoms with Crippen LogP contribution in [0, 0.1) is 0 Å². The second kappa shape index (κ2) is 8.04. The molecule has 1 aromatic carbocycles. The summed E-state index contributed by atoms with van der Waals surface area (Å²) in [6, 6.07) is 3.72. The van der Waals surface area contributed by atoms with Crippen LogP contribution in [-0.4, -0.2) is 35.7 Å². The summed E-state index contributed by atoms with van der Waals surface area (Å²) >= 11 is 0. The maximum atomic E-state index is 11.7. The van der Waals surface area contributed by atoms with E-state index in [1.807, 2.05) is 0 Å². The van der Waals surface area contributed by atoms with E-state index in [2.05, 4.69) is 10.1 Å². The predicted molar refractivity (Wildman–Crippen MR) is 72.6 cm³/mol. The van der Waals surface area contributed by atoms with Crippen molar-refractivity contribution in [3.8, 4) is 11.5 Å². The number of carbonyl (C=O) groups is 2. The van der Waals surface area contributed by atoms with E-state index in [0.717, 1.165) is 25.3 Å². The molecule has 0 radical (unpaired) electrons. The molecule has 3 N–H and O–H groups in total. The van der Waals surface area contributed by atoms with Gasteiger partial charge in [0.15, 0.2) is 0 Å². The van der Waals surface area contributed by atoms with Crippen LogP contribution >= 0.6 is 0 Å². The van der Waals surface area contributed by atoms with Gasteiger partial charge >= 0.3 is 5.97 Å². The first-order chi connectivity index (χ1) is 9.52. The molecule has 6 heteroatoms. The highest BCUT2D eigenvalue weighted by molar-refractivity contribution is 5.95. The molecule has 0 heterocycles. The van der Waals surface area contributed by atoms with Crippen molar-refractivity contribution in [1.82, 2.24) is 5.32 Å². The van der Waals surface area contributed by atoms with Gasteiger partial charge < -0.3 is 20.3 Å². The number of methoxy groups -OCH3 is 1. The van der Waals surface area contributed by atoms with Gasteiger partial charge in [-0.05, 0) is 25.0 Å². The van der Waals surface area contributed by atoms with E-state index >= 15 is 0 Å². The van der Waals surface area contributed by atoms with Gasteiger partial charge in [0, 0.05) is 24.6 Å². The van der Waals surface area contributed by atoms with E-state index in [4.69, 9.17) is 0 Å². The molecule has 0 saturated carbocycles. The molecule has 0 atom stereocenters. The van der Waals surface area contributed by atoms with Gasteiger partial charge in [-0.1, -0.05) is 6.42 Å². The zero-order chi connectivity index (χ0) is 15.0. The Morgan fingerprint density at radius 1 is 1.10 bits per heavy atom. The fraction of sp³-hybridized carbons (Fsp3) is 0.429. The van der Waals surface area contributed by atoms with Crippen LogP contribution in [0.2, 0.25) is 0 Å². The van der Waals surface area contributed by atoms with Crippen molar-refractivity contribution in [2.24, 2.45) is 0 Å². The molecule has 0 aliphatic carbocycles. The summed E-state index contributed by atoms with van der Waals surface area (Å²) in [7, 11) is 1.35. The number of esters is 1. The molecule has 0 fully saturated rings. The highest BCUT2D eigenvalue weighted by Gasteiger charge is 2.07. The summed E-state index contributed by atoms with van der Waals surface area (Å²) in [6.07, 6.45) is 2.65. The fourth-order valence-corrected chi connectivity index (χ4v) is 1.70. The predicted octanol–water partition coefficient (Wildman–Crippen LogP) is 1.56. The Bertz CT molecular complexity index is 452. The number of unbranched alkanes of at least 4 members (excludes halogenated alkanes) is 2. The number of rotatable bonds is 7. The lowest BCUT2D eigenvalue weighted by atomic mass is 10.1. The molecule has 1 amide bonds. The minimum atomic E-state index is -0.357. The van der Waals surface area contributed by atoms with E-state index < -0.39 is 0 Å². The number of hydrogen-bond donors (Lipinski definition) is 3. The standard InChI is InChI=1S/C14H19NO5/c1-20-13(18)5-3-2-4-6-15-14(19)10-7-11(16)9-12(17)8-10/h7-9,16-17H,2-6H2,1H3,(H,15,19).